The fourth-order valence-electron chi connectivity index (χ4n) is 1.04. The number of alkyl halides is 2. The summed E-state index contributed by atoms with van der Waals surface area (Å²) in [4.78, 5) is 22.8. The molecular weight excluding hydrogens is 253 g/mol. The lowest BCUT2D eigenvalue weighted by molar-refractivity contribution is -0.385. The lowest BCUT2D eigenvalue weighted by Crippen LogP contribution is -2.08. The van der Waals surface area contributed by atoms with Gasteiger partial charge in [-0.3, -0.25) is 14.9 Å². The number of carbonyl (C=O) groups excluding carboxylic acids is 1. The lowest BCUT2D eigenvalue weighted by Gasteiger charge is -2.05. The Balaban J connectivity index is 3.63. The van der Waals surface area contributed by atoms with E-state index >= 15 is 0 Å². The van der Waals surface area contributed by atoms with Gasteiger partial charge in [-0.25, -0.2) is 13.8 Å². The van der Waals surface area contributed by atoms with Gasteiger partial charge >= 0.3 is 0 Å². The summed E-state index contributed by atoms with van der Waals surface area (Å²) in [6, 6.07) is 0. The molecule has 0 saturated heterocycles. The summed E-state index contributed by atoms with van der Waals surface area (Å²) in [5.41, 5.74) is -3.69. The number of hydrogen-bond acceptors (Lipinski definition) is 4. The van der Waals surface area contributed by atoms with E-state index < -0.39 is 39.4 Å². The number of halogens is 4. The highest BCUT2D eigenvalue weighted by Crippen LogP contribution is 2.31. The molecule has 9 heteroatoms. The van der Waals surface area contributed by atoms with Gasteiger partial charge in [0.05, 0.1) is 10.5 Å². The lowest BCUT2D eigenvalue weighted by atomic mass is 10.1. The van der Waals surface area contributed by atoms with E-state index in [4.69, 9.17) is 11.6 Å². The molecule has 0 saturated carbocycles. The summed E-state index contributed by atoms with van der Waals surface area (Å²) in [6.45, 7) is 0. The van der Waals surface area contributed by atoms with Crippen LogP contribution in [0.5, 0.6) is 0 Å². The smallest absolute Gasteiger partial charge is 0.275 e. The van der Waals surface area contributed by atoms with Crippen LogP contribution in [0.4, 0.5) is 18.9 Å². The molecule has 0 aliphatic heterocycles. The van der Waals surface area contributed by atoms with Crippen LogP contribution in [0.1, 0.15) is 22.3 Å². The van der Waals surface area contributed by atoms with Gasteiger partial charge in [-0.15, -0.1) is 0 Å². The minimum Gasteiger partial charge on any atom is -0.275 e. The number of hydrogen-bond donors (Lipinski definition) is 0. The molecule has 0 aliphatic carbocycles. The molecule has 0 N–H and O–H groups in total. The Hall–Kier alpha value is -1.70. The third-order valence-corrected chi connectivity index (χ3v) is 1.85. The molecule has 1 aromatic heterocycles. The monoisotopic (exact) mass is 254 g/mol. The number of pyridine rings is 1. The van der Waals surface area contributed by atoms with Crippen molar-refractivity contribution in [2.24, 2.45) is 0 Å². The van der Waals surface area contributed by atoms with Gasteiger partial charge in [0.2, 0.25) is 5.95 Å². The molecule has 5 nitrogen and oxygen atoms in total. The van der Waals surface area contributed by atoms with Crippen LogP contribution < -0.4 is 0 Å². The van der Waals surface area contributed by atoms with Crippen LogP contribution in [-0.2, 0) is 0 Å². The van der Waals surface area contributed by atoms with Gasteiger partial charge in [-0.2, -0.15) is 4.39 Å². The number of aromatic nitrogens is 1. The third-order valence-electron chi connectivity index (χ3n) is 1.66. The van der Waals surface area contributed by atoms with E-state index in [1.54, 1.807) is 0 Å². The second kappa shape index (κ2) is 4.44. The Labute approximate surface area is 91.0 Å². The fourth-order valence-corrected chi connectivity index (χ4v) is 1.24. The molecule has 16 heavy (non-hydrogen) atoms. The first kappa shape index (κ1) is 12.4. The summed E-state index contributed by atoms with van der Waals surface area (Å²) in [7, 11) is 0. The average molecular weight is 255 g/mol. The van der Waals surface area contributed by atoms with Gasteiger partial charge in [-0.05, 0) is 11.6 Å². The van der Waals surface area contributed by atoms with Crippen molar-refractivity contribution in [3.05, 3.63) is 33.4 Å². The maximum atomic E-state index is 12.9. The van der Waals surface area contributed by atoms with Crippen LogP contribution >= 0.6 is 11.6 Å². The van der Waals surface area contributed by atoms with Crippen LogP contribution in [0.25, 0.3) is 0 Å². The SMILES string of the molecule is O=C(Cl)c1c([N+](=O)[O-])cnc(F)c1C(F)F. The second-order valence-electron chi connectivity index (χ2n) is 2.55. The first-order chi connectivity index (χ1) is 7.36. The third kappa shape index (κ3) is 2.11. The highest BCUT2D eigenvalue weighted by atomic mass is 35.5. The van der Waals surface area contributed by atoms with Crippen LogP contribution in [0.3, 0.4) is 0 Å². The molecule has 0 atom stereocenters. The van der Waals surface area contributed by atoms with E-state index in [2.05, 4.69) is 4.98 Å². The topological polar surface area (TPSA) is 73.1 Å². The zero-order chi connectivity index (χ0) is 12.5. The number of carbonyl (C=O) groups is 1. The van der Waals surface area contributed by atoms with Gasteiger partial charge in [0.25, 0.3) is 17.4 Å². The quantitative estimate of drug-likeness (QED) is 0.359. The van der Waals surface area contributed by atoms with Crippen molar-refractivity contribution in [1.29, 1.82) is 0 Å². The molecule has 0 radical (unpaired) electrons. The summed E-state index contributed by atoms with van der Waals surface area (Å²) in [6.07, 6.45) is -3.07. The number of rotatable bonds is 3. The average Bonchev–Trinajstić information content (AvgIpc) is 2.15. The van der Waals surface area contributed by atoms with Crippen molar-refractivity contribution in [2.45, 2.75) is 6.43 Å². The molecule has 0 aliphatic rings. The molecule has 0 spiro atoms. The van der Waals surface area contributed by atoms with Gasteiger partial charge in [0, 0.05) is 0 Å². The van der Waals surface area contributed by atoms with E-state index in [1.165, 1.54) is 0 Å². The van der Waals surface area contributed by atoms with Gasteiger partial charge < -0.3 is 0 Å². The van der Waals surface area contributed by atoms with Crippen molar-refractivity contribution in [3.8, 4) is 0 Å². The maximum absolute atomic E-state index is 12.9. The molecule has 0 fully saturated rings. The Morgan fingerprint density at radius 1 is 1.56 bits per heavy atom. The normalized spacial score (nSPS) is 10.6. The molecular formula is C7H2ClF3N2O3. The molecule has 1 heterocycles. The van der Waals surface area contributed by atoms with Gasteiger partial charge in [-0.1, -0.05) is 0 Å². The number of nitro groups is 1. The Kier molecular flexibility index (Phi) is 3.43. The molecule has 0 amide bonds. The molecule has 86 valence electrons. The standard InChI is InChI=1S/C7H2ClF3N2O3/c8-5(14)3-2(13(15)16)1-12-7(11)4(3)6(9)10/h1,6H. The highest BCUT2D eigenvalue weighted by molar-refractivity contribution is 6.68. The van der Waals surface area contributed by atoms with Crippen LogP contribution in [0.15, 0.2) is 6.20 Å². The zero-order valence-corrected chi connectivity index (χ0v) is 8.04. The summed E-state index contributed by atoms with van der Waals surface area (Å²) >= 11 is 4.90. The van der Waals surface area contributed by atoms with E-state index in [0.717, 1.165) is 0 Å². The van der Waals surface area contributed by atoms with E-state index in [9.17, 15) is 28.1 Å². The van der Waals surface area contributed by atoms with Crippen LogP contribution in [0.2, 0.25) is 0 Å². The van der Waals surface area contributed by atoms with E-state index in [0.29, 0.717) is 6.20 Å². The second-order valence-corrected chi connectivity index (χ2v) is 2.90. The minimum absolute atomic E-state index is 0.358. The molecule has 1 aromatic rings. The van der Waals surface area contributed by atoms with Crippen molar-refractivity contribution >= 4 is 22.5 Å². The van der Waals surface area contributed by atoms with E-state index in [-0.39, 0.29) is 0 Å². The minimum atomic E-state index is -3.43. The summed E-state index contributed by atoms with van der Waals surface area (Å²) in [5.74, 6) is -1.66. The van der Waals surface area contributed by atoms with Crippen molar-refractivity contribution < 1.29 is 22.9 Å². The summed E-state index contributed by atoms with van der Waals surface area (Å²) in [5, 5.41) is 8.86. The molecule has 0 aromatic carbocycles. The zero-order valence-electron chi connectivity index (χ0n) is 7.29. The molecule has 0 unspecified atom stereocenters. The Bertz CT molecular complexity index is 466. The van der Waals surface area contributed by atoms with Crippen LogP contribution in [0, 0.1) is 16.1 Å². The largest absolute Gasteiger partial charge is 0.300 e. The predicted molar refractivity (Wildman–Crippen MR) is 46.0 cm³/mol. The molecule has 1 rings (SSSR count). The van der Waals surface area contributed by atoms with Gasteiger partial charge in [0.1, 0.15) is 11.8 Å². The highest BCUT2D eigenvalue weighted by Gasteiger charge is 2.31. The predicted octanol–water partition coefficient (Wildman–Crippen LogP) is 2.45. The van der Waals surface area contributed by atoms with Crippen molar-refractivity contribution in [3.63, 3.8) is 0 Å². The van der Waals surface area contributed by atoms with Crippen LogP contribution in [-0.4, -0.2) is 15.1 Å². The first-order valence-corrected chi connectivity index (χ1v) is 4.04. The van der Waals surface area contributed by atoms with Gasteiger partial charge in [0.15, 0.2) is 0 Å². The Morgan fingerprint density at radius 3 is 2.50 bits per heavy atom. The summed E-state index contributed by atoms with van der Waals surface area (Å²) < 4.78 is 37.6. The van der Waals surface area contributed by atoms with Crippen molar-refractivity contribution in [2.75, 3.05) is 0 Å². The first-order valence-electron chi connectivity index (χ1n) is 3.67. The Morgan fingerprint density at radius 2 is 2.12 bits per heavy atom. The van der Waals surface area contributed by atoms with E-state index in [1.807, 2.05) is 0 Å². The number of nitrogens with zero attached hydrogens (tertiary/aromatic N) is 2. The molecule has 0 bridgehead atoms. The maximum Gasteiger partial charge on any atom is 0.300 e. The fraction of sp³-hybridized carbons (Fsp3) is 0.143. The van der Waals surface area contributed by atoms with Crippen molar-refractivity contribution in [1.82, 2.24) is 4.98 Å².